The molecule has 0 amide bonds. The second-order valence-electron chi connectivity index (χ2n) is 3.56. The van der Waals surface area contributed by atoms with Crippen LogP contribution in [0.1, 0.15) is 25.6 Å². The van der Waals surface area contributed by atoms with Gasteiger partial charge in [-0.15, -0.1) is 0 Å². The van der Waals surface area contributed by atoms with Crippen molar-refractivity contribution in [1.29, 1.82) is 0 Å². The summed E-state index contributed by atoms with van der Waals surface area (Å²) < 4.78 is 10.6. The number of nitrogens with zero attached hydrogens (tertiary/aromatic N) is 2. The first-order chi connectivity index (χ1) is 8.29. The summed E-state index contributed by atoms with van der Waals surface area (Å²) in [5.41, 5.74) is 0. The Balaban J connectivity index is 2.05. The smallest absolute Gasteiger partial charge is 0.218 e. The van der Waals surface area contributed by atoms with E-state index in [1.54, 1.807) is 12.3 Å². The zero-order valence-corrected chi connectivity index (χ0v) is 9.88. The Hall–Kier alpha value is -2.04. The topological polar surface area (TPSA) is 60.2 Å². The fourth-order valence-electron chi connectivity index (χ4n) is 1.48. The molecule has 2 rings (SSSR count). The summed E-state index contributed by atoms with van der Waals surface area (Å²) in [4.78, 5) is 8.13. The summed E-state index contributed by atoms with van der Waals surface area (Å²) in [6.45, 7) is 4.51. The minimum atomic E-state index is 0.0503. The molecular weight excluding hydrogens is 218 g/mol. The Labute approximate surface area is 99.8 Å². The van der Waals surface area contributed by atoms with E-state index in [4.69, 9.17) is 9.15 Å². The molecule has 0 aromatic carbocycles. The van der Waals surface area contributed by atoms with Crippen molar-refractivity contribution in [3.8, 4) is 5.88 Å². The molecule has 0 spiro atoms. The van der Waals surface area contributed by atoms with Crippen LogP contribution in [0.3, 0.4) is 0 Å². The first-order valence-electron chi connectivity index (χ1n) is 5.54. The van der Waals surface area contributed by atoms with Crippen molar-refractivity contribution in [2.24, 2.45) is 0 Å². The molecule has 1 N–H and O–H groups in total. The maximum atomic E-state index is 5.31. The molecule has 2 aromatic heterocycles. The number of hydrogen-bond acceptors (Lipinski definition) is 5. The van der Waals surface area contributed by atoms with Crippen molar-refractivity contribution in [2.75, 3.05) is 11.9 Å². The van der Waals surface area contributed by atoms with Gasteiger partial charge in [0.05, 0.1) is 18.9 Å². The Kier molecular flexibility index (Phi) is 3.59. The van der Waals surface area contributed by atoms with Crippen molar-refractivity contribution >= 4 is 5.82 Å². The molecule has 0 radical (unpaired) electrons. The molecular formula is C12H15N3O2. The number of nitrogens with one attached hydrogen (secondary N) is 1. The summed E-state index contributed by atoms with van der Waals surface area (Å²) in [7, 11) is 0. The monoisotopic (exact) mass is 233 g/mol. The van der Waals surface area contributed by atoms with Gasteiger partial charge >= 0.3 is 0 Å². The minimum Gasteiger partial charge on any atom is -0.478 e. The van der Waals surface area contributed by atoms with E-state index in [1.165, 1.54) is 6.33 Å². The van der Waals surface area contributed by atoms with E-state index in [1.807, 2.05) is 26.0 Å². The lowest BCUT2D eigenvalue weighted by Crippen LogP contribution is -2.07. The zero-order valence-electron chi connectivity index (χ0n) is 9.88. The number of ether oxygens (including phenoxy) is 1. The number of rotatable bonds is 5. The van der Waals surface area contributed by atoms with Crippen LogP contribution in [-0.4, -0.2) is 16.6 Å². The normalized spacial score (nSPS) is 12.1. The average Bonchev–Trinajstić information content (AvgIpc) is 2.83. The molecule has 1 atom stereocenters. The third-order valence-corrected chi connectivity index (χ3v) is 2.27. The van der Waals surface area contributed by atoms with Crippen molar-refractivity contribution in [1.82, 2.24) is 9.97 Å². The minimum absolute atomic E-state index is 0.0503. The van der Waals surface area contributed by atoms with Crippen molar-refractivity contribution in [2.45, 2.75) is 19.9 Å². The Morgan fingerprint density at radius 1 is 1.47 bits per heavy atom. The Bertz CT molecular complexity index is 457. The average molecular weight is 233 g/mol. The highest BCUT2D eigenvalue weighted by Crippen LogP contribution is 2.19. The highest BCUT2D eigenvalue weighted by Gasteiger charge is 2.09. The van der Waals surface area contributed by atoms with E-state index < -0.39 is 0 Å². The Morgan fingerprint density at radius 2 is 2.35 bits per heavy atom. The van der Waals surface area contributed by atoms with Gasteiger partial charge < -0.3 is 14.5 Å². The van der Waals surface area contributed by atoms with Crippen LogP contribution in [0, 0.1) is 0 Å². The van der Waals surface area contributed by atoms with Gasteiger partial charge in [-0.1, -0.05) is 0 Å². The van der Waals surface area contributed by atoms with E-state index in [-0.39, 0.29) is 6.04 Å². The molecule has 0 bridgehead atoms. The number of anilines is 1. The summed E-state index contributed by atoms with van der Waals surface area (Å²) in [6.07, 6.45) is 3.13. The maximum Gasteiger partial charge on any atom is 0.218 e. The predicted octanol–water partition coefficient (Wildman–Crippen LogP) is 2.64. The summed E-state index contributed by atoms with van der Waals surface area (Å²) in [5.74, 6) is 2.14. The van der Waals surface area contributed by atoms with Gasteiger partial charge in [-0.05, 0) is 26.0 Å². The maximum absolute atomic E-state index is 5.31. The predicted molar refractivity (Wildman–Crippen MR) is 63.9 cm³/mol. The second-order valence-corrected chi connectivity index (χ2v) is 3.56. The fraction of sp³-hybridized carbons (Fsp3) is 0.333. The van der Waals surface area contributed by atoms with Crippen LogP contribution in [0.25, 0.3) is 0 Å². The lowest BCUT2D eigenvalue weighted by molar-refractivity contribution is 0.326. The largest absolute Gasteiger partial charge is 0.478 e. The molecule has 90 valence electrons. The van der Waals surface area contributed by atoms with E-state index >= 15 is 0 Å². The fourth-order valence-corrected chi connectivity index (χ4v) is 1.48. The molecule has 5 heteroatoms. The standard InChI is InChI=1S/C12H15N3O2/c1-3-16-12-7-11(13-8-14-12)15-9(2)10-5-4-6-17-10/h4-9H,3H2,1-2H3,(H,13,14,15). The van der Waals surface area contributed by atoms with E-state index in [2.05, 4.69) is 15.3 Å². The molecule has 2 aromatic rings. The molecule has 0 aliphatic heterocycles. The third kappa shape index (κ3) is 2.96. The van der Waals surface area contributed by atoms with Gasteiger partial charge in [-0.3, -0.25) is 0 Å². The van der Waals surface area contributed by atoms with Crippen LogP contribution in [-0.2, 0) is 0 Å². The van der Waals surface area contributed by atoms with Crippen molar-refractivity contribution < 1.29 is 9.15 Å². The third-order valence-electron chi connectivity index (χ3n) is 2.27. The molecule has 1 unspecified atom stereocenters. The molecule has 0 fully saturated rings. The van der Waals surface area contributed by atoms with Gasteiger partial charge in [0.1, 0.15) is 17.9 Å². The van der Waals surface area contributed by atoms with Gasteiger partial charge in [0.25, 0.3) is 0 Å². The molecule has 0 aliphatic carbocycles. The molecule has 5 nitrogen and oxygen atoms in total. The molecule has 0 saturated carbocycles. The van der Waals surface area contributed by atoms with Crippen LogP contribution in [0.4, 0.5) is 5.82 Å². The van der Waals surface area contributed by atoms with Gasteiger partial charge in [-0.25, -0.2) is 9.97 Å². The number of aromatic nitrogens is 2. The van der Waals surface area contributed by atoms with E-state index in [9.17, 15) is 0 Å². The summed E-state index contributed by atoms with van der Waals surface area (Å²) >= 11 is 0. The molecule has 0 saturated heterocycles. The van der Waals surface area contributed by atoms with Crippen LogP contribution < -0.4 is 10.1 Å². The van der Waals surface area contributed by atoms with Crippen LogP contribution in [0.15, 0.2) is 35.2 Å². The van der Waals surface area contributed by atoms with Crippen molar-refractivity contribution in [3.05, 3.63) is 36.5 Å². The van der Waals surface area contributed by atoms with Gasteiger partial charge in [0, 0.05) is 6.07 Å². The zero-order chi connectivity index (χ0) is 12.1. The van der Waals surface area contributed by atoms with Crippen LogP contribution in [0.5, 0.6) is 5.88 Å². The van der Waals surface area contributed by atoms with E-state index in [0.29, 0.717) is 18.3 Å². The van der Waals surface area contributed by atoms with Gasteiger partial charge in [-0.2, -0.15) is 0 Å². The quantitative estimate of drug-likeness (QED) is 0.860. The summed E-state index contributed by atoms with van der Waals surface area (Å²) in [5, 5.41) is 3.22. The number of hydrogen-bond donors (Lipinski definition) is 1. The van der Waals surface area contributed by atoms with Crippen molar-refractivity contribution in [3.63, 3.8) is 0 Å². The van der Waals surface area contributed by atoms with Crippen LogP contribution in [0.2, 0.25) is 0 Å². The van der Waals surface area contributed by atoms with Gasteiger partial charge in [0.15, 0.2) is 0 Å². The lowest BCUT2D eigenvalue weighted by atomic mass is 10.2. The van der Waals surface area contributed by atoms with Crippen LogP contribution >= 0.6 is 0 Å². The SMILES string of the molecule is CCOc1cc(NC(C)c2ccco2)ncn1. The second kappa shape index (κ2) is 5.34. The van der Waals surface area contributed by atoms with E-state index in [0.717, 1.165) is 5.76 Å². The highest BCUT2D eigenvalue weighted by atomic mass is 16.5. The van der Waals surface area contributed by atoms with Gasteiger partial charge in [0.2, 0.25) is 5.88 Å². The first-order valence-corrected chi connectivity index (χ1v) is 5.54. The Morgan fingerprint density at radius 3 is 3.06 bits per heavy atom. The highest BCUT2D eigenvalue weighted by molar-refractivity contribution is 5.39. The molecule has 2 heterocycles. The molecule has 17 heavy (non-hydrogen) atoms. The first kappa shape index (κ1) is 11.4. The molecule has 0 aliphatic rings. The lowest BCUT2D eigenvalue weighted by Gasteiger charge is -2.12. The summed E-state index contributed by atoms with van der Waals surface area (Å²) in [6, 6.07) is 5.60. The number of furan rings is 1.